The van der Waals surface area contributed by atoms with Crippen LogP contribution >= 0.6 is 0 Å². The molecule has 18 heavy (non-hydrogen) atoms. The molecule has 0 radical (unpaired) electrons. The highest BCUT2D eigenvalue weighted by atomic mass is 16.5. The molecule has 0 saturated heterocycles. The first-order valence-electron chi connectivity index (χ1n) is 6.24. The van der Waals surface area contributed by atoms with Crippen molar-refractivity contribution in [2.24, 2.45) is 5.73 Å². The second-order valence-electron chi connectivity index (χ2n) is 4.40. The van der Waals surface area contributed by atoms with Gasteiger partial charge < -0.3 is 19.9 Å². The molecule has 2 aliphatic rings. The third-order valence-electron chi connectivity index (χ3n) is 3.42. The van der Waals surface area contributed by atoms with Gasteiger partial charge in [-0.05, 0) is 0 Å². The summed E-state index contributed by atoms with van der Waals surface area (Å²) in [5, 5.41) is 0. The highest BCUT2D eigenvalue weighted by Crippen LogP contribution is 2.49. The predicted octanol–water partition coefficient (Wildman–Crippen LogP) is 1.54. The topological polar surface area (TPSA) is 53.7 Å². The lowest BCUT2D eigenvalue weighted by Gasteiger charge is -2.14. The van der Waals surface area contributed by atoms with Gasteiger partial charge in [-0.1, -0.05) is 12.2 Å². The molecule has 1 aromatic carbocycles. The van der Waals surface area contributed by atoms with Gasteiger partial charge in [0.15, 0.2) is 11.5 Å². The van der Waals surface area contributed by atoms with E-state index in [4.69, 9.17) is 19.9 Å². The SMILES string of the molecule is COc1c2c(c(/C=C/CN)c3c1OCC3)OCC2. The second-order valence-corrected chi connectivity index (χ2v) is 4.40. The number of hydrogen-bond acceptors (Lipinski definition) is 4. The van der Waals surface area contributed by atoms with Gasteiger partial charge in [0.25, 0.3) is 0 Å². The predicted molar refractivity (Wildman–Crippen MR) is 69.5 cm³/mol. The molecule has 2 aliphatic heterocycles. The average Bonchev–Trinajstić information content (AvgIpc) is 3.02. The van der Waals surface area contributed by atoms with Crippen molar-refractivity contribution in [1.29, 1.82) is 0 Å². The van der Waals surface area contributed by atoms with E-state index in [1.165, 1.54) is 5.56 Å². The fourth-order valence-corrected chi connectivity index (χ4v) is 2.68. The molecule has 0 aromatic heterocycles. The summed E-state index contributed by atoms with van der Waals surface area (Å²) in [7, 11) is 1.69. The van der Waals surface area contributed by atoms with E-state index in [1.807, 2.05) is 12.2 Å². The van der Waals surface area contributed by atoms with Gasteiger partial charge in [0.05, 0.1) is 20.3 Å². The Hall–Kier alpha value is -1.68. The first-order valence-corrected chi connectivity index (χ1v) is 6.24. The molecule has 1 aromatic rings. The van der Waals surface area contributed by atoms with E-state index in [2.05, 4.69) is 0 Å². The minimum absolute atomic E-state index is 0.524. The lowest BCUT2D eigenvalue weighted by Crippen LogP contribution is -1.97. The number of benzene rings is 1. The van der Waals surface area contributed by atoms with Crippen LogP contribution in [0.3, 0.4) is 0 Å². The van der Waals surface area contributed by atoms with Gasteiger partial charge in [-0.2, -0.15) is 0 Å². The van der Waals surface area contributed by atoms with E-state index in [-0.39, 0.29) is 0 Å². The summed E-state index contributed by atoms with van der Waals surface area (Å²) in [6.45, 7) is 1.94. The summed E-state index contributed by atoms with van der Waals surface area (Å²) < 4.78 is 17.0. The van der Waals surface area contributed by atoms with Crippen LogP contribution in [-0.2, 0) is 12.8 Å². The lowest BCUT2D eigenvalue weighted by molar-refractivity contribution is 0.324. The average molecular weight is 247 g/mol. The van der Waals surface area contributed by atoms with Gasteiger partial charge in [0.2, 0.25) is 0 Å². The van der Waals surface area contributed by atoms with Crippen LogP contribution in [0.25, 0.3) is 6.08 Å². The molecular weight excluding hydrogens is 230 g/mol. The number of ether oxygens (including phenoxy) is 3. The summed E-state index contributed by atoms with van der Waals surface area (Å²) in [6.07, 6.45) is 5.75. The molecule has 0 unspecified atom stereocenters. The van der Waals surface area contributed by atoms with Crippen LogP contribution in [-0.4, -0.2) is 26.9 Å². The molecule has 4 heteroatoms. The highest BCUT2D eigenvalue weighted by Gasteiger charge is 2.31. The van der Waals surface area contributed by atoms with Crippen molar-refractivity contribution in [3.8, 4) is 17.2 Å². The number of nitrogens with two attached hydrogens (primary N) is 1. The van der Waals surface area contributed by atoms with Crippen LogP contribution in [0.5, 0.6) is 17.2 Å². The van der Waals surface area contributed by atoms with Crippen LogP contribution < -0.4 is 19.9 Å². The molecule has 0 saturated carbocycles. The van der Waals surface area contributed by atoms with Crippen molar-refractivity contribution in [3.63, 3.8) is 0 Å². The van der Waals surface area contributed by atoms with Crippen molar-refractivity contribution in [3.05, 3.63) is 22.8 Å². The minimum Gasteiger partial charge on any atom is -0.492 e. The van der Waals surface area contributed by atoms with Crippen LogP contribution in [0.4, 0.5) is 0 Å². The van der Waals surface area contributed by atoms with E-state index in [9.17, 15) is 0 Å². The van der Waals surface area contributed by atoms with Crippen LogP contribution in [0.1, 0.15) is 16.7 Å². The Labute approximate surface area is 106 Å². The summed E-state index contributed by atoms with van der Waals surface area (Å²) in [6, 6.07) is 0. The van der Waals surface area contributed by atoms with Crippen molar-refractivity contribution in [1.82, 2.24) is 0 Å². The Morgan fingerprint density at radius 2 is 1.89 bits per heavy atom. The largest absolute Gasteiger partial charge is 0.492 e. The van der Waals surface area contributed by atoms with Gasteiger partial charge in [0, 0.05) is 36.1 Å². The van der Waals surface area contributed by atoms with Crippen molar-refractivity contribution in [2.75, 3.05) is 26.9 Å². The van der Waals surface area contributed by atoms with E-state index in [0.29, 0.717) is 19.8 Å². The van der Waals surface area contributed by atoms with Gasteiger partial charge in [-0.25, -0.2) is 0 Å². The fraction of sp³-hybridized carbons (Fsp3) is 0.429. The maximum atomic E-state index is 5.77. The van der Waals surface area contributed by atoms with Gasteiger partial charge in [-0.15, -0.1) is 0 Å². The normalized spacial score (nSPS) is 16.3. The number of methoxy groups -OCH3 is 1. The molecule has 4 nitrogen and oxygen atoms in total. The Balaban J connectivity index is 2.23. The number of rotatable bonds is 3. The smallest absolute Gasteiger partial charge is 0.168 e. The molecule has 0 atom stereocenters. The summed E-state index contributed by atoms with van der Waals surface area (Å²) in [5.41, 5.74) is 8.95. The van der Waals surface area contributed by atoms with Crippen LogP contribution in [0.15, 0.2) is 6.08 Å². The molecule has 3 rings (SSSR count). The van der Waals surface area contributed by atoms with Crippen molar-refractivity contribution in [2.45, 2.75) is 12.8 Å². The van der Waals surface area contributed by atoms with E-state index in [1.54, 1.807) is 7.11 Å². The Bertz CT molecular complexity index is 473. The molecule has 0 spiro atoms. The molecule has 0 amide bonds. The Morgan fingerprint density at radius 1 is 1.17 bits per heavy atom. The van der Waals surface area contributed by atoms with Gasteiger partial charge >= 0.3 is 0 Å². The number of hydrogen-bond donors (Lipinski definition) is 1. The monoisotopic (exact) mass is 247 g/mol. The van der Waals surface area contributed by atoms with E-state index < -0.39 is 0 Å². The first-order chi connectivity index (χ1) is 8.86. The maximum Gasteiger partial charge on any atom is 0.168 e. The van der Waals surface area contributed by atoms with Gasteiger partial charge in [0.1, 0.15) is 5.75 Å². The summed E-state index contributed by atoms with van der Waals surface area (Å²) >= 11 is 0. The summed E-state index contributed by atoms with van der Waals surface area (Å²) in [5.74, 6) is 2.68. The highest BCUT2D eigenvalue weighted by molar-refractivity contribution is 5.74. The van der Waals surface area contributed by atoms with Crippen molar-refractivity contribution < 1.29 is 14.2 Å². The Kier molecular flexibility index (Phi) is 2.88. The Morgan fingerprint density at radius 3 is 2.61 bits per heavy atom. The van der Waals surface area contributed by atoms with Crippen molar-refractivity contribution >= 4 is 6.08 Å². The minimum atomic E-state index is 0.524. The fourth-order valence-electron chi connectivity index (χ4n) is 2.68. The zero-order valence-corrected chi connectivity index (χ0v) is 10.5. The quantitative estimate of drug-likeness (QED) is 0.880. The summed E-state index contributed by atoms with van der Waals surface area (Å²) in [4.78, 5) is 0. The van der Waals surface area contributed by atoms with E-state index in [0.717, 1.165) is 41.2 Å². The zero-order valence-electron chi connectivity index (χ0n) is 10.5. The van der Waals surface area contributed by atoms with Crippen LogP contribution in [0.2, 0.25) is 0 Å². The lowest BCUT2D eigenvalue weighted by atomic mass is 9.98. The van der Waals surface area contributed by atoms with E-state index >= 15 is 0 Å². The van der Waals surface area contributed by atoms with Gasteiger partial charge in [-0.3, -0.25) is 0 Å². The molecule has 2 heterocycles. The third kappa shape index (κ3) is 1.56. The molecule has 96 valence electrons. The molecule has 0 bridgehead atoms. The zero-order chi connectivity index (χ0) is 12.5. The standard InChI is InChI=1S/C14H17NO3/c1-16-13-11-5-8-17-12(11)9(3-2-6-15)10-4-7-18-14(10)13/h2-3H,4-8,15H2,1H3/b3-2+. The maximum absolute atomic E-state index is 5.77. The second kappa shape index (κ2) is 4.53. The molecule has 2 N–H and O–H groups in total. The van der Waals surface area contributed by atoms with Crippen LogP contribution in [0, 0.1) is 0 Å². The molecule has 0 fully saturated rings. The third-order valence-corrected chi connectivity index (χ3v) is 3.42. The molecular formula is C14H17NO3. The first kappa shape index (κ1) is 11.4. The molecule has 0 aliphatic carbocycles. The number of fused-ring (bicyclic) bond motifs is 2.